The molecule has 1 atom stereocenters. The van der Waals surface area contributed by atoms with Gasteiger partial charge in [0.25, 0.3) is 5.56 Å². The van der Waals surface area contributed by atoms with E-state index in [2.05, 4.69) is 21.2 Å². The van der Waals surface area contributed by atoms with E-state index in [1.165, 1.54) is 4.57 Å². The molecule has 1 aromatic heterocycles. The zero-order valence-corrected chi connectivity index (χ0v) is 13.8. The van der Waals surface area contributed by atoms with Gasteiger partial charge in [0.05, 0.1) is 4.47 Å². The number of carbonyl (C=O) groups is 1. The van der Waals surface area contributed by atoms with Crippen LogP contribution in [0.4, 0.5) is 5.69 Å². The third kappa shape index (κ3) is 3.61. The number of pyridine rings is 1. The molecule has 21 heavy (non-hydrogen) atoms. The third-order valence-electron chi connectivity index (χ3n) is 3.25. The van der Waals surface area contributed by atoms with Crippen LogP contribution in [0.3, 0.4) is 0 Å². The highest BCUT2D eigenvalue weighted by Gasteiger charge is 2.17. The van der Waals surface area contributed by atoms with Crippen molar-refractivity contribution < 1.29 is 4.79 Å². The Kier molecular flexibility index (Phi) is 4.63. The Bertz CT molecular complexity index is 720. The Labute approximate surface area is 131 Å². The van der Waals surface area contributed by atoms with Crippen molar-refractivity contribution in [2.24, 2.45) is 0 Å². The smallest absolute Gasteiger partial charge is 0.265 e. The first-order valence-corrected chi connectivity index (χ1v) is 7.43. The molecule has 1 amide bonds. The number of benzene rings is 1. The van der Waals surface area contributed by atoms with Gasteiger partial charge in [-0.2, -0.15) is 0 Å². The van der Waals surface area contributed by atoms with Crippen LogP contribution in [0.5, 0.6) is 0 Å². The van der Waals surface area contributed by atoms with E-state index in [9.17, 15) is 9.59 Å². The molecule has 0 aliphatic heterocycles. The van der Waals surface area contributed by atoms with Gasteiger partial charge in [0.2, 0.25) is 5.91 Å². The van der Waals surface area contributed by atoms with E-state index < -0.39 is 6.04 Å². The summed E-state index contributed by atoms with van der Waals surface area (Å²) in [5, 5.41) is 2.82. The highest BCUT2D eigenvalue weighted by Crippen LogP contribution is 2.14. The molecule has 0 saturated heterocycles. The largest absolute Gasteiger partial charge is 0.324 e. The van der Waals surface area contributed by atoms with Gasteiger partial charge in [-0.15, -0.1) is 0 Å². The summed E-state index contributed by atoms with van der Waals surface area (Å²) in [4.78, 5) is 24.4. The van der Waals surface area contributed by atoms with Crippen LogP contribution in [0.25, 0.3) is 0 Å². The number of aromatic nitrogens is 1. The number of hydrogen-bond donors (Lipinski definition) is 1. The van der Waals surface area contributed by atoms with E-state index in [4.69, 9.17) is 0 Å². The maximum atomic E-state index is 12.3. The van der Waals surface area contributed by atoms with E-state index in [0.29, 0.717) is 4.47 Å². The quantitative estimate of drug-likeness (QED) is 0.923. The lowest BCUT2D eigenvalue weighted by Crippen LogP contribution is -2.31. The molecule has 0 saturated carbocycles. The molecular formula is C16H17BrN2O2. The van der Waals surface area contributed by atoms with E-state index in [1.807, 2.05) is 38.1 Å². The summed E-state index contributed by atoms with van der Waals surface area (Å²) in [6.07, 6.45) is 1.69. The molecule has 0 fully saturated rings. The minimum Gasteiger partial charge on any atom is -0.324 e. The van der Waals surface area contributed by atoms with Crippen molar-refractivity contribution in [1.29, 1.82) is 0 Å². The molecule has 1 unspecified atom stereocenters. The highest BCUT2D eigenvalue weighted by atomic mass is 79.9. The van der Waals surface area contributed by atoms with Crippen molar-refractivity contribution in [1.82, 2.24) is 4.57 Å². The second-order valence-electron chi connectivity index (χ2n) is 5.11. The van der Waals surface area contributed by atoms with Crippen LogP contribution in [0, 0.1) is 13.8 Å². The number of carbonyl (C=O) groups excluding carboxylic acids is 1. The number of amides is 1. The monoisotopic (exact) mass is 348 g/mol. The average molecular weight is 349 g/mol. The van der Waals surface area contributed by atoms with Crippen molar-refractivity contribution in [3.8, 4) is 0 Å². The number of aryl methyl sites for hydroxylation is 2. The van der Waals surface area contributed by atoms with Crippen molar-refractivity contribution in [3.05, 3.63) is 62.5 Å². The zero-order chi connectivity index (χ0) is 15.6. The fourth-order valence-corrected chi connectivity index (χ4v) is 2.56. The molecule has 0 bridgehead atoms. The van der Waals surface area contributed by atoms with Crippen molar-refractivity contribution in [2.45, 2.75) is 26.8 Å². The van der Waals surface area contributed by atoms with Crippen LogP contribution in [-0.4, -0.2) is 10.5 Å². The van der Waals surface area contributed by atoms with Crippen LogP contribution in [0.15, 0.2) is 45.8 Å². The van der Waals surface area contributed by atoms with Gasteiger partial charge in [-0.3, -0.25) is 9.59 Å². The first-order valence-electron chi connectivity index (χ1n) is 6.64. The van der Waals surface area contributed by atoms with E-state index in [1.54, 1.807) is 19.2 Å². The van der Waals surface area contributed by atoms with E-state index in [-0.39, 0.29) is 11.5 Å². The van der Waals surface area contributed by atoms with Crippen LogP contribution >= 0.6 is 15.9 Å². The van der Waals surface area contributed by atoms with Crippen LogP contribution in [0.2, 0.25) is 0 Å². The Morgan fingerprint density at radius 1 is 1.19 bits per heavy atom. The lowest BCUT2D eigenvalue weighted by molar-refractivity contribution is -0.118. The summed E-state index contributed by atoms with van der Waals surface area (Å²) in [6, 6.07) is 8.69. The molecule has 1 N–H and O–H groups in total. The average Bonchev–Trinajstić information content (AvgIpc) is 2.44. The number of hydrogen-bond acceptors (Lipinski definition) is 2. The first-order chi connectivity index (χ1) is 9.88. The van der Waals surface area contributed by atoms with Crippen molar-refractivity contribution >= 4 is 27.5 Å². The fourth-order valence-electron chi connectivity index (χ4n) is 2.00. The van der Waals surface area contributed by atoms with Crippen LogP contribution in [0.1, 0.15) is 24.1 Å². The minimum absolute atomic E-state index is 0.216. The Morgan fingerprint density at radius 3 is 2.43 bits per heavy atom. The maximum Gasteiger partial charge on any atom is 0.265 e. The molecule has 1 aromatic carbocycles. The summed E-state index contributed by atoms with van der Waals surface area (Å²) >= 11 is 3.22. The Hall–Kier alpha value is -1.88. The fraction of sp³-hybridized carbons (Fsp3) is 0.250. The maximum absolute atomic E-state index is 12.3. The van der Waals surface area contributed by atoms with Gasteiger partial charge in [-0.25, -0.2) is 0 Å². The van der Waals surface area contributed by atoms with Crippen LogP contribution in [-0.2, 0) is 4.79 Å². The lowest BCUT2D eigenvalue weighted by atomic mass is 10.2. The molecule has 1 heterocycles. The minimum atomic E-state index is -0.588. The molecule has 0 aliphatic rings. The normalized spacial score (nSPS) is 12.0. The molecule has 4 nitrogen and oxygen atoms in total. The van der Waals surface area contributed by atoms with Gasteiger partial charge in [-0.05, 0) is 60.5 Å². The second-order valence-corrected chi connectivity index (χ2v) is 5.96. The van der Waals surface area contributed by atoms with Crippen molar-refractivity contribution in [3.63, 3.8) is 0 Å². The SMILES string of the molecule is Cc1ccc(NC(=O)C(C)n2cc(C)cc(Br)c2=O)cc1. The molecule has 0 spiro atoms. The molecule has 0 radical (unpaired) electrons. The number of nitrogens with zero attached hydrogens (tertiary/aromatic N) is 1. The van der Waals surface area contributed by atoms with E-state index in [0.717, 1.165) is 16.8 Å². The van der Waals surface area contributed by atoms with Gasteiger partial charge in [-0.1, -0.05) is 17.7 Å². The van der Waals surface area contributed by atoms with Gasteiger partial charge in [0.1, 0.15) is 6.04 Å². The van der Waals surface area contributed by atoms with Gasteiger partial charge < -0.3 is 9.88 Å². The highest BCUT2D eigenvalue weighted by molar-refractivity contribution is 9.10. The van der Waals surface area contributed by atoms with Gasteiger partial charge >= 0.3 is 0 Å². The molecule has 2 rings (SSSR count). The summed E-state index contributed by atoms with van der Waals surface area (Å²) in [5.74, 6) is -0.224. The molecule has 0 aliphatic carbocycles. The predicted octanol–water partition coefficient (Wildman–Crippen LogP) is 3.43. The summed E-state index contributed by atoms with van der Waals surface area (Å²) < 4.78 is 1.89. The molecule has 110 valence electrons. The number of nitrogens with one attached hydrogen (secondary N) is 1. The number of halogens is 1. The number of anilines is 1. The summed E-state index contributed by atoms with van der Waals surface area (Å²) in [5.41, 5.74) is 2.54. The predicted molar refractivity (Wildman–Crippen MR) is 87.7 cm³/mol. The standard InChI is InChI=1S/C16H17BrN2O2/c1-10-4-6-13(7-5-10)18-15(20)12(3)19-9-11(2)8-14(17)16(19)21/h4-9,12H,1-3H3,(H,18,20). The number of rotatable bonds is 3. The van der Waals surface area contributed by atoms with Gasteiger partial charge in [0.15, 0.2) is 0 Å². The lowest BCUT2D eigenvalue weighted by Gasteiger charge is -2.16. The summed E-state index contributed by atoms with van der Waals surface area (Å²) in [6.45, 7) is 5.57. The van der Waals surface area contributed by atoms with Crippen LogP contribution < -0.4 is 10.9 Å². The third-order valence-corrected chi connectivity index (χ3v) is 3.82. The van der Waals surface area contributed by atoms with E-state index >= 15 is 0 Å². The Balaban J connectivity index is 2.23. The first kappa shape index (κ1) is 15.5. The zero-order valence-electron chi connectivity index (χ0n) is 12.2. The van der Waals surface area contributed by atoms with Gasteiger partial charge in [0, 0.05) is 11.9 Å². The molecule has 5 heteroatoms. The molecular weight excluding hydrogens is 332 g/mol. The topological polar surface area (TPSA) is 51.1 Å². The van der Waals surface area contributed by atoms with Crippen molar-refractivity contribution in [2.75, 3.05) is 5.32 Å². The Morgan fingerprint density at radius 2 is 1.81 bits per heavy atom. The molecule has 2 aromatic rings. The second kappa shape index (κ2) is 6.26. The summed E-state index contributed by atoms with van der Waals surface area (Å²) in [7, 11) is 0.